The van der Waals surface area contributed by atoms with Gasteiger partial charge in [-0.2, -0.15) is 5.10 Å². The third-order valence-corrected chi connectivity index (χ3v) is 3.25. The van der Waals surface area contributed by atoms with E-state index >= 15 is 0 Å². The summed E-state index contributed by atoms with van der Waals surface area (Å²) in [7, 11) is 0. The first-order valence-corrected chi connectivity index (χ1v) is 6.33. The smallest absolute Gasteiger partial charge is 0.255 e. The minimum Gasteiger partial charge on any atom is -0.454 e. The molecule has 2 N–H and O–H groups in total. The number of nitrogens with zero attached hydrogens (tertiary/aromatic N) is 1. The number of hydrogen-bond acceptors (Lipinski definition) is 4. The van der Waals surface area contributed by atoms with Gasteiger partial charge in [0.2, 0.25) is 6.79 Å². The molecule has 2 heterocycles. The average molecular weight is 273 g/mol. The predicted octanol–water partition coefficient (Wildman–Crippen LogP) is 1.69. The molecule has 1 aromatic heterocycles. The first-order valence-electron chi connectivity index (χ1n) is 6.33. The normalized spacial score (nSPS) is 12.5. The Morgan fingerprint density at radius 1 is 1.35 bits per heavy atom. The van der Waals surface area contributed by atoms with Crippen molar-refractivity contribution in [1.82, 2.24) is 15.5 Å². The Balaban J connectivity index is 1.69. The largest absolute Gasteiger partial charge is 0.454 e. The van der Waals surface area contributed by atoms with Crippen molar-refractivity contribution in [2.24, 2.45) is 0 Å². The van der Waals surface area contributed by atoms with Crippen molar-refractivity contribution in [3.8, 4) is 11.5 Å². The van der Waals surface area contributed by atoms with Crippen molar-refractivity contribution < 1.29 is 14.3 Å². The molecule has 1 aliphatic heterocycles. The van der Waals surface area contributed by atoms with Gasteiger partial charge in [-0.15, -0.1) is 0 Å². The number of ether oxygens (including phenoxy) is 2. The van der Waals surface area contributed by atoms with Gasteiger partial charge in [-0.1, -0.05) is 6.07 Å². The number of carbonyl (C=O) groups excluding carboxylic acids is 1. The van der Waals surface area contributed by atoms with Crippen LogP contribution in [0.3, 0.4) is 0 Å². The lowest BCUT2D eigenvalue weighted by Crippen LogP contribution is -2.23. The van der Waals surface area contributed by atoms with Crippen LogP contribution in [0.4, 0.5) is 0 Å². The molecule has 0 saturated heterocycles. The van der Waals surface area contributed by atoms with Crippen LogP contribution in [0.25, 0.3) is 0 Å². The molecule has 0 fully saturated rings. The summed E-state index contributed by atoms with van der Waals surface area (Å²) in [5.41, 5.74) is 3.03. The van der Waals surface area contributed by atoms with Crippen LogP contribution < -0.4 is 14.8 Å². The molecule has 6 nitrogen and oxygen atoms in total. The summed E-state index contributed by atoms with van der Waals surface area (Å²) in [5.74, 6) is 1.32. The van der Waals surface area contributed by atoms with Crippen LogP contribution in [0.2, 0.25) is 0 Å². The van der Waals surface area contributed by atoms with Gasteiger partial charge in [0, 0.05) is 12.2 Å². The third kappa shape index (κ3) is 2.20. The molecule has 104 valence electrons. The number of aryl methyl sites for hydroxylation is 2. The first-order chi connectivity index (χ1) is 9.65. The maximum absolute atomic E-state index is 12.1. The lowest BCUT2D eigenvalue weighted by Gasteiger charge is -2.06. The molecule has 1 aliphatic rings. The zero-order chi connectivity index (χ0) is 14.1. The van der Waals surface area contributed by atoms with Gasteiger partial charge in [-0.05, 0) is 31.5 Å². The van der Waals surface area contributed by atoms with Crippen molar-refractivity contribution >= 4 is 5.91 Å². The highest BCUT2D eigenvalue weighted by Gasteiger charge is 2.16. The van der Waals surface area contributed by atoms with E-state index in [1.807, 2.05) is 25.1 Å². The van der Waals surface area contributed by atoms with Crippen LogP contribution in [-0.2, 0) is 6.54 Å². The van der Waals surface area contributed by atoms with E-state index in [1.54, 1.807) is 6.92 Å². The van der Waals surface area contributed by atoms with Crippen LogP contribution in [0.15, 0.2) is 18.2 Å². The topological polar surface area (TPSA) is 76.2 Å². The highest BCUT2D eigenvalue weighted by molar-refractivity contribution is 5.96. The van der Waals surface area contributed by atoms with Gasteiger partial charge in [0.05, 0.1) is 11.3 Å². The Kier molecular flexibility index (Phi) is 3.06. The maximum atomic E-state index is 12.1. The van der Waals surface area contributed by atoms with E-state index in [0.29, 0.717) is 23.6 Å². The van der Waals surface area contributed by atoms with Crippen LogP contribution in [0, 0.1) is 13.8 Å². The quantitative estimate of drug-likeness (QED) is 0.892. The molecule has 0 unspecified atom stereocenters. The number of nitrogens with one attached hydrogen (secondary N) is 2. The van der Waals surface area contributed by atoms with Crippen LogP contribution in [-0.4, -0.2) is 22.9 Å². The summed E-state index contributed by atoms with van der Waals surface area (Å²) in [6.45, 7) is 4.31. The number of amides is 1. The molecule has 0 saturated carbocycles. The molecule has 1 amide bonds. The number of H-pyrrole nitrogens is 1. The average Bonchev–Trinajstić information content (AvgIpc) is 3.02. The Labute approximate surface area is 116 Å². The van der Waals surface area contributed by atoms with Crippen LogP contribution >= 0.6 is 0 Å². The van der Waals surface area contributed by atoms with E-state index in [2.05, 4.69) is 15.5 Å². The Morgan fingerprint density at radius 3 is 2.90 bits per heavy atom. The van der Waals surface area contributed by atoms with Gasteiger partial charge in [-0.3, -0.25) is 9.89 Å². The predicted molar refractivity (Wildman–Crippen MR) is 71.8 cm³/mol. The molecule has 0 bridgehead atoms. The Morgan fingerprint density at radius 2 is 2.15 bits per heavy atom. The first kappa shape index (κ1) is 12.5. The van der Waals surface area contributed by atoms with Gasteiger partial charge in [0.25, 0.3) is 5.91 Å². The zero-order valence-corrected chi connectivity index (χ0v) is 11.3. The molecule has 1 aromatic carbocycles. The number of rotatable bonds is 3. The Bertz CT molecular complexity index is 644. The van der Waals surface area contributed by atoms with Crippen LogP contribution in [0.5, 0.6) is 11.5 Å². The minimum absolute atomic E-state index is 0.133. The summed E-state index contributed by atoms with van der Waals surface area (Å²) in [6, 6.07) is 5.62. The van der Waals surface area contributed by atoms with Gasteiger partial charge >= 0.3 is 0 Å². The van der Waals surface area contributed by atoms with Crippen molar-refractivity contribution in [3.05, 3.63) is 40.7 Å². The highest BCUT2D eigenvalue weighted by Crippen LogP contribution is 2.32. The number of fused-ring (bicyclic) bond motifs is 1. The van der Waals surface area contributed by atoms with Gasteiger partial charge in [0.1, 0.15) is 0 Å². The van der Waals surface area contributed by atoms with Gasteiger partial charge < -0.3 is 14.8 Å². The molecule has 20 heavy (non-hydrogen) atoms. The van der Waals surface area contributed by atoms with Gasteiger partial charge in [0.15, 0.2) is 11.5 Å². The molecular formula is C14H15N3O3. The molecule has 0 radical (unpaired) electrons. The van der Waals surface area contributed by atoms with Crippen molar-refractivity contribution in [3.63, 3.8) is 0 Å². The van der Waals surface area contributed by atoms with Crippen molar-refractivity contribution in [2.75, 3.05) is 6.79 Å². The summed E-state index contributed by atoms with van der Waals surface area (Å²) in [4.78, 5) is 12.1. The number of aromatic amines is 1. The molecule has 0 aliphatic carbocycles. The molecular weight excluding hydrogens is 258 g/mol. The summed E-state index contributed by atoms with van der Waals surface area (Å²) < 4.78 is 10.6. The second-order valence-corrected chi connectivity index (χ2v) is 4.68. The SMILES string of the molecule is Cc1n[nH]c(C)c1C(=O)NCc1ccc2c(c1)OCO2. The number of benzene rings is 1. The highest BCUT2D eigenvalue weighted by atomic mass is 16.7. The molecule has 0 atom stereocenters. The molecule has 6 heteroatoms. The van der Waals surface area contributed by atoms with E-state index in [9.17, 15) is 4.79 Å². The standard InChI is InChI=1S/C14H15N3O3/c1-8-13(9(2)17-16-8)14(18)15-6-10-3-4-11-12(5-10)20-7-19-11/h3-5H,6-7H2,1-2H3,(H,15,18)(H,16,17). The number of aromatic nitrogens is 2. The maximum Gasteiger partial charge on any atom is 0.255 e. The fraction of sp³-hybridized carbons (Fsp3) is 0.286. The zero-order valence-electron chi connectivity index (χ0n) is 11.3. The van der Waals surface area contributed by atoms with Crippen LogP contribution in [0.1, 0.15) is 27.3 Å². The third-order valence-electron chi connectivity index (χ3n) is 3.25. The second-order valence-electron chi connectivity index (χ2n) is 4.68. The lowest BCUT2D eigenvalue weighted by atomic mass is 10.1. The van der Waals surface area contributed by atoms with Crippen molar-refractivity contribution in [1.29, 1.82) is 0 Å². The molecule has 0 spiro atoms. The summed E-state index contributed by atoms with van der Waals surface area (Å²) in [5, 5.41) is 9.70. The van der Waals surface area contributed by atoms with E-state index in [0.717, 1.165) is 17.0 Å². The van der Waals surface area contributed by atoms with Gasteiger partial charge in [-0.25, -0.2) is 0 Å². The van der Waals surface area contributed by atoms with E-state index in [-0.39, 0.29) is 12.7 Å². The number of carbonyl (C=O) groups is 1. The van der Waals surface area contributed by atoms with E-state index < -0.39 is 0 Å². The lowest BCUT2D eigenvalue weighted by molar-refractivity contribution is 0.0949. The molecule has 2 aromatic rings. The van der Waals surface area contributed by atoms with E-state index in [1.165, 1.54) is 0 Å². The Hall–Kier alpha value is -2.50. The minimum atomic E-state index is -0.133. The summed E-state index contributed by atoms with van der Waals surface area (Å²) >= 11 is 0. The molecule has 3 rings (SSSR count). The van der Waals surface area contributed by atoms with E-state index in [4.69, 9.17) is 9.47 Å². The fourth-order valence-corrected chi connectivity index (χ4v) is 2.21. The van der Waals surface area contributed by atoms with Crippen molar-refractivity contribution in [2.45, 2.75) is 20.4 Å². The number of hydrogen-bond donors (Lipinski definition) is 2. The summed E-state index contributed by atoms with van der Waals surface area (Å²) in [6.07, 6.45) is 0. The second kappa shape index (κ2) is 4.88. The monoisotopic (exact) mass is 273 g/mol. The fourth-order valence-electron chi connectivity index (χ4n) is 2.21.